The van der Waals surface area contributed by atoms with Crippen molar-refractivity contribution in [3.8, 4) is 0 Å². The Kier molecular flexibility index (Phi) is 5.35. The third-order valence-electron chi connectivity index (χ3n) is 3.49. The summed E-state index contributed by atoms with van der Waals surface area (Å²) >= 11 is 0. The number of carbonyl (C=O) groups is 2. The smallest absolute Gasteiger partial charge is 0.335 e. The number of benzene rings is 2. The van der Waals surface area contributed by atoms with Crippen LogP contribution < -0.4 is 5.32 Å². The fraction of sp³-hybridized carbons (Fsp3) is 0.176. The highest BCUT2D eigenvalue weighted by molar-refractivity contribution is 7.91. The molecule has 2 rings (SSSR count). The molecule has 6 nitrogen and oxygen atoms in total. The van der Waals surface area contributed by atoms with Crippen LogP contribution in [0.3, 0.4) is 0 Å². The van der Waals surface area contributed by atoms with Crippen molar-refractivity contribution >= 4 is 21.7 Å². The largest absolute Gasteiger partial charge is 0.478 e. The van der Waals surface area contributed by atoms with Crippen LogP contribution in [0.4, 0.5) is 0 Å². The van der Waals surface area contributed by atoms with Crippen LogP contribution in [0.5, 0.6) is 0 Å². The number of carboxylic acid groups (broad SMARTS) is 1. The summed E-state index contributed by atoms with van der Waals surface area (Å²) in [6, 6.07) is 12.0. The van der Waals surface area contributed by atoms with Crippen LogP contribution in [0.2, 0.25) is 0 Å². The first-order chi connectivity index (χ1) is 11.3. The Bertz CT molecular complexity index is 857. The molecule has 0 saturated heterocycles. The zero-order chi connectivity index (χ0) is 17.7. The molecule has 0 bridgehead atoms. The van der Waals surface area contributed by atoms with E-state index in [4.69, 9.17) is 5.11 Å². The molecule has 7 heteroatoms. The van der Waals surface area contributed by atoms with Crippen molar-refractivity contribution in [1.29, 1.82) is 0 Å². The minimum absolute atomic E-state index is 0.0308. The van der Waals surface area contributed by atoms with Gasteiger partial charge in [0.2, 0.25) is 0 Å². The maximum atomic E-state index is 12.1. The molecule has 1 amide bonds. The predicted octanol–water partition coefficient (Wildman–Crippen LogP) is 2.11. The fourth-order valence-electron chi connectivity index (χ4n) is 2.06. The summed E-state index contributed by atoms with van der Waals surface area (Å²) in [5.41, 5.74) is 1.03. The highest BCUT2D eigenvalue weighted by atomic mass is 32.2. The van der Waals surface area contributed by atoms with E-state index in [1.165, 1.54) is 36.4 Å². The fourth-order valence-corrected chi connectivity index (χ4v) is 2.94. The number of aromatic carboxylic acids is 1. The second-order valence-electron chi connectivity index (χ2n) is 5.12. The van der Waals surface area contributed by atoms with Crippen molar-refractivity contribution in [3.63, 3.8) is 0 Å². The number of carboxylic acids is 1. The van der Waals surface area contributed by atoms with E-state index in [-0.39, 0.29) is 28.3 Å². The van der Waals surface area contributed by atoms with Gasteiger partial charge < -0.3 is 10.4 Å². The molecule has 2 N–H and O–H groups in total. The van der Waals surface area contributed by atoms with Gasteiger partial charge in [0.1, 0.15) is 0 Å². The summed E-state index contributed by atoms with van der Waals surface area (Å²) in [7, 11) is -3.25. The first-order valence-corrected chi connectivity index (χ1v) is 8.92. The zero-order valence-corrected chi connectivity index (χ0v) is 13.8. The Hall–Kier alpha value is -2.67. The van der Waals surface area contributed by atoms with Crippen molar-refractivity contribution in [1.82, 2.24) is 5.32 Å². The van der Waals surface area contributed by atoms with Gasteiger partial charge in [-0.3, -0.25) is 4.79 Å². The summed E-state index contributed by atoms with van der Waals surface area (Å²) in [4.78, 5) is 23.2. The standard InChI is InChI=1S/C17H17NO5S/c1-2-24(22,23)15-8-6-12(7-9-15)11-18-16(19)13-4-3-5-14(10-13)17(20)21/h3-10H,2,11H2,1H3,(H,18,19)(H,20,21). The molecule has 0 fully saturated rings. The molecule has 0 aliphatic carbocycles. The molecule has 0 atom stereocenters. The number of hydrogen-bond acceptors (Lipinski definition) is 4. The first-order valence-electron chi connectivity index (χ1n) is 7.26. The highest BCUT2D eigenvalue weighted by Gasteiger charge is 2.12. The Balaban J connectivity index is 2.04. The maximum absolute atomic E-state index is 12.1. The number of hydrogen-bond donors (Lipinski definition) is 2. The molecule has 0 spiro atoms. The molecule has 0 heterocycles. The summed E-state index contributed by atoms with van der Waals surface area (Å²) in [5.74, 6) is -1.47. The average Bonchev–Trinajstić information content (AvgIpc) is 2.60. The molecule has 126 valence electrons. The molecular formula is C17H17NO5S. The topological polar surface area (TPSA) is 101 Å². The van der Waals surface area contributed by atoms with Gasteiger partial charge in [-0.05, 0) is 35.9 Å². The highest BCUT2D eigenvalue weighted by Crippen LogP contribution is 2.12. The second-order valence-corrected chi connectivity index (χ2v) is 7.39. The van der Waals surface area contributed by atoms with Crippen LogP contribution in [0.1, 0.15) is 33.2 Å². The number of rotatable bonds is 6. The van der Waals surface area contributed by atoms with E-state index >= 15 is 0 Å². The van der Waals surface area contributed by atoms with Gasteiger partial charge in [0.15, 0.2) is 9.84 Å². The molecule has 24 heavy (non-hydrogen) atoms. The molecule has 0 aliphatic heterocycles. The zero-order valence-electron chi connectivity index (χ0n) is 13.0. The van der Waals surface area contributed by atoms with Gasteiger partial charge >= 0.3 is 5.97 Å². The van der Waals surface area contributed by atoms with Gasteiger partial charge in [-0.2, -0.15) is 0 Å². The Morgan fingerprint density at radius 3 is 2.25 bits per heavy atom. The van der Waals surface area contributed by atoms with Crippen LogP contribution in [-0.4, -0.2) is 31.2 Å². The lowest BCUT2D eigenvalue weighted by molar-refractivity contribution is 0.0697. The third-order valence-corrected chi connectivity index (χ3v) is 5.24. The minimum atomic E-state index is -3.25. The van der Waals surface area contributed by atoms with Crippen LogP contribution in [0.15, 0.2) is 53.4 Å². The van der Waals surface area contributed by atoms with E-state index in [1.807, 2.05) is 0 Å². The number of sulfone groups is 1. The molecule has 0 aliphatic rings. The summed E-state index contributed by atoms with van der Waals surface area (Å²) < 4.78 is 23.5. The minimum Gasteiger partial charge on any atom is -0.478 e. The number of amides is 1. The summed E-state index contributed by atoms with van der Waals surface area (Å²) in [6.07, 6.45) is 0. The van der Waals surface area contributed by atoms with Gasteiger partial charge in [-0.1, -0.05) is 25.1 Å². The maximum Gasteiger partial charge on any atom is 0.335 e. The molecule has 2 aromatic rings. The lowest BCUT2D eigenvalue weighted by atomic mass is 10.1. The van der Waals surface area contributed by atoms with Gasteiger partial charge in [0, 0.05) is 12.1 Å². The number of nitrogens with one attached hydrogen (secondary N) is 1. The monoisotopic (exact) mass is 347 g/mol. The van der Waals surface area contributed by atoms with Crippen LogP contribution >= 0.6 is 0 Å². The molecule has 0 saturated carbocycles. The second kappa shape index (κ2) is 7.27. The van der Waals surface area contributed by atoms with Gasteiger partial charge in [-0.15, -0.1) is 0 Å². The van der Waals surface area contributed by atoms with E-state index in [1.54, 1.807) is 19.1 Å². The van der Waals surface area contributed by atoms with Gasteiger partial charge in [0.05, 0.1) is 16.2 Å². The summed E-state index contributed by atoms with van der Waals surface area (Å²) in [5, 5.41) is 11.6. The lowest BCUT2D eigenvalue weighted by Gasteiger charge is -2.07. The third kappa shape index (κ3) is 4.20. The Labute approximate surface area is 140 Å². The molecule has 2 aromatic carbocycles. The Morgan fingerprint density at radius 2 is 1.67 bits per heavy atom. The van der Waals surface area contributed by atoms with Crippen molar-refractivity contribution < 1.29 is 23.1 Å². The van der Waals surface area contributed by atoms with Crippen molar-refractivity contribution in [2.75, 3.05) is 5.75 Å². The van der Waals surface area contributed by atoms with E-state index < -0.39 is 21.7 Å². The van der Waals surface area contributed by atoms with Crippen LogP contribution in [-0.2, 0) is 16.4 Å². The van der Waals surface area contributed by atoms with Crippen molar-refractivity contribution in [2.24, 2.45) is 0 Å². The van der Waals surface area contributed by atoms with E-state index in [9.17, 15) is 18.0 Å². The summed E-state index contributed by atoms with van der Waals surface area (Å²) in [6.45, 7) is 1.79. The van der Waals surface area contributed by atoms with E-state index in [0.717, 1.165) is 5.56 Å². The first kappa shape index (κ1) is 17.7. The predicted molar refractivity (Wildman–Crippen MR) is 88.7 cm³/mol. The van der Waals surface area contributed by atoms with Gasteiger partial charge in [-0.25, -0.2) is 13.2 Å². The lowest BCUT2D eigenvalue weighted by Crippen LogP contribution is -2.23. The molecule has 0 radical (unpaired) electrons. The molecule has 0 aromatic heterocycles. The normalized spacial score (nSPS) is 11.0. The SMILES string of the molecule is CCS(=O)(=O)c1ccc(CNC(=O)c2cccc(C(=O)O)c2)cc1. The van der Waals surface area contributed by atoms with Crippen LogP contribution in [0.25, 0.3) is 0 Å². The van der Waals surface area contributed by atoms with E-state index in [0.29, 0.717) is 0 Å². The molecule has 0 unspecified atom stereocenters. The molecular weight excluding hydrogens is 330 g/mol. The average molecular weight is 347 g/mol. The van der Waals surface area contributed by atoms with Crippen molar-refractivity contribution in [2.45, 2.75) is 18.4 Å². The van der Waals surface area contributed by atoms with Gasteiger partial charge in [0.25, 0.3) is 5.91 Å². The van der Waals surface area contributed by atoms with Crippen molar-refractivity contribution in [3.05, 3.63) is 65.2 Å². The van der Waals surface area contributed by atoms with Crippen LogP contribution in [0, 0.1) is 0 Å². The quantitative estimate of drug-likeness (QED) is 0.833. The Morgan fingerprint density at radius 1 is 1.04 bits per heavy atom. The number of carbonyl (C=O) groups excluding carboxylic acids is 1. The van der Waals surface area contributed by atoms with E-state index in [2.05, 4.69) is 5.32 Å².